The Morgan fingerprint density at radius 2 is 2.07 bits per heavy atom. The maximum Gasteiger partial charge on any atom is 0.137 e. The van der Waals surface area contributed by atoms with E-state index < -0.39 is 0 Å². The summed E-state index contributed by atoms with van der Waals surface area (Å²) in [5, 5.41) is 9.55. The molecule has 1 unspecified atom stereocenters. The SMILES string of the molecule is Cc1ccc(O)c(CC(N)C(C)C)n1. The van der Waals surface area contributed by atoms with Gasteiger partial charge in [0.15, 0.2) is 0 Å². The van der Waals surface area contributed by atoms with Gasteiger partial charge in [-0.3, -0.25) is 4.98 Å². The maximum absolute atomic E-state index is 9.55. The van der Waals surface area contributed by atoms with Crippen LogP contribution in [0.5, 0.6) is 5.75 Å². The van der Waals surface area contributed by atoms with Crippen LogP contribution in [0.2, 0.25) is 0 Å². The first-order chi connectivity index (χ1) is 6.50. The molecule has 3 heteroatoms. The fraction of sp³-hybridized carbons (Fsp3) is 0.545. The summed E-state index contributed by atoms with van der Waals surface area (Å²) in [5.41, 5.74) is 7.53. The van der Waals surface area contributed by atoms with E-state index in [1.54, 1.807) is 12.1 Å². The van der Waals surface area contributed by atoms with Gasteiger partial charge < -0.3 is 10.8 Å². The smallest absolute Gasteiger partial charge is 0.137 e. The zero-order valence-corrected chi connectivity index (χ0v) is 8.99. The van der Waals surface area contributed by atoms with E-state index in [9.17, 15) is 5.11 Å². The van der Waals surface area contributed by atoms with Crippen LogP contribution in [-0.2, 0) is 6.42 Å². The van der Waals surface area contributed by atoms with E-state index in [0.717, 1.165) is 5.69 Å². The van der Waals surface area contributed by atoms with Crippen molar-refractivity contribution in [3.63, 3.8) is 0 Å². The van der Waals surface area contributed by atoms with Crippen molar-refractivity contribution < 1.29 is 5.11 Å². The molecule has 3 N–H and O–H groups in total. The highest BCUT2D eigenvalue weighted by Gasteiger charge is 2.12. The molecule has 1 rings (SSSR count). The molecule has 0 saturated carbocycles. The van der Waals surface area contributed by atoms with Crippen LogP contribution in [0.1, 0.15) is 25.2 Å². The number of hydrogen-bond acceptors (Lipinski definition) is 3. The van der Waals surface area contributed by atoms with Gasteiger partial charge in [0.2, 0.25) is 0 Å². The summed E-state index contributed by atoms with van der Waals surface area (Å²) >= 11 is 0. The zero-order chi connectivity index (χ0) is 10.7. The van der Waals surface area contributed by atoms with Crippen molar-refractivity contribution in [2.24, 2.45) is 11.7 Å². The fourth-order valence-electron chi connectivity index (χ4n) is 1.21. The Balaban J connectivity index is 2.80. The number of rotatable bonds is 3. The number of aromatic nitrogens is 1. The summed E-state index contributed by atoms with van der Waals surface area (Å²) in [5.74, 6) is 0.642. The lowest BCUT2D eigenvalue weighted by atomic mass is 10.00. The number of hydrogen-bond donors (Lipinski definition) is 2. The van der Waals surface area contributed by atoms with Crippen LogP contribution in [0, 0.1) is 12.8 Å². The Morgan fingerprint density at radius 1 is 1.43 bits per heavy atom. The number of pyridine rings is 1. The monoisotopic (exact) mass is 194 g/mol. The Labute approximate surface area is 85.0 Å². The molecule has 1 atom stereocenters. The maximum atomic E-state index is 9.55. The molecule has 1 aromatic heterocycles. The van der Waals surface area contributed by atoms with Gasteiger partial charge in [0.05, 0.1) is 5.69 Å². The summed E-state index contributed by atoms with van der Waals surface area (Å²) in [6, 6.07) is 3.51. The van der Waals surface area contributed by atoms with Crippen LogP contribution in [0.15, 0.2) is 12.1 Å². The van der Waals surface area contributed by atoms with Crippen LogP contribution in [0.25, 0.3) is 0 Å². The molecule has 0 aliphatic carbocycles. The van der Waals surface area contributed by atoms with E-state index in [4.69, 9.17) is 5.73 Å². The molecule has 3 nitrogen and oxygen atoms in total. The average molecular weight is 194 g/mol. The molecule has 78 valence electrons. The van der Waals surface area contributed by atoms with E-state index in [-0.39, 0.29) is 11.8 Å². The van der Waals surface area contributed by atoms with Gasteiger partial charge in [-0.05, 0) is 25.0 Å². The minimum atomic E-state index is 0.0511. The summed E-state index contributed by atoms with van der Waals surface area (Å²) in [6.45, 7) is 6.04. The lowest BCUT2D eigenvalue weighted by Crippen LogP contribution is -2.29. The molecule has 0 aromatic carbocycles. The van der Waals surface area contributed by atoms with Crippen LogP contribution < -0.4 is 5.73 Å². The number of nitrogens with zero attached hydrogens (tertiary/aromatic N) is 1. The molecule has 0 radical (unpaired) electrons. The second-order valence-electron chi connectivity index (χ2n) is 4.03. The van der Waals surface area contributed by atoms with Crippen LogP contribution in [-0.4, -0.2) is 16.1 Å². The molecule has 14 heavy (non-hydrogen) atoms. The summed E-state index contributed by atoms with van der Waals surface area (Å²) < 4.78 is 0. The first kappa shape index (κ1) is 11.0. The van der Waals surface area contributed by atoms with Crippen molar-refractivity contribution in [2.75, 3.05) is 0 Å². The third-order valence-corrected chi connectivity index (χ3v) is 2.37. The minimum absolute atomic E-state index is 0.0511. The van der Waals surface area contributed by atoms with E-state index in [0.29, 0.717) is 18.0 Å². The molecule has 0 aliphatic heterocycles. The van der Waals surface area contributed by atoms with E-state index in [1.807, 2.05) is 6.92 Å². The van der Waals surface area contributed by atoms with Gasteiger partial charge in [0.1, 0.15) is 5.75 Å². The predicted molar refractivity (Wildman–Crippen MR) is 57.2 cm³/mol. The highest BCUT2D eigenvalue weighted by molar-refractivity contribution is 5.28. The summed E-state index contributed by atoms with van der Waals surface area (Å²) in [6.07, 6.45) is 0.630. The minimum Gasteiger partial charge on any atom is -0.506 e. The topological polar surface area (TPSA) is 59.1 Å². The van der Waals surface area contributed by atoms with Crippen LogP contribution in [0.4, 0.5) is 0 Å². The van der Waals surface area contributed by atoms with E-state index in [1.165, 1.54) is 0 Å². The molecule has 0 saturated heterocycles. The number of nitrogens with two attached hydrogens (primary N) is 1. The van der Waals surface area contributed by atoms with Gasteiger partial charge in [-0.15, -0.1) is 0 Å². The van der Waals surface area contributed by atoms with Crippen molar-refractivity contribution in [2.45, 2.75) is 33.2 Å². The highest BCUT2D eigenvalue weighted by atomic mass is 16.3. The van der Waals surface area contributed by atoms with Gasteiger partial charge in [-0.2, -0.15) is 0 Å². The third-order valence-electron chi connectivity index (χ3n) is 2.37. The Bertz CT molecular complexity index is 310. The van der Waals surface area contributed by atoms with Gasteiger partial charge in [-0.25, -0.2) is 0 Å². The molecular formula is C11H18N2O. The van der Waals surface area contributed by atoms with Gasteiger partial charge in [0.25, 0.3) is 0 Å². The van der Waals surface area contributed by atoms with Crippen molar-refractivity contribution in [3.8, 4) is 5.75 Å². The first-order valence-electron chi connectivity index (χ1n) is 4.91. The van der Waals surface area contributed by atoms with Crippen molar-refractivity contribution in [1.82, 2.24) is 4.98 Å². The molecule has 0 spiro atoms. The second-order valence-corrected chi connectivity index (χ2v) is 4.03. The fourth-order valence-corrected chi connectivity index (χ4v) is 1.21. The van der Waals surface area contributed by atoms with E-state index in [2.05, 4.69) is 18.8 Å². The summed E-state index contributed by atoms with van der Waals surface area (Å²) in [4.78, 5) is 4.27. The Morgan fingerprint density at radius 3 is 2.64 bits per heavy atom. The highest BCUT2D eigenvalue weighted by Crippen LogP contribution is 2.17. The first-order valence-corrected chi connectivity index (χ1v) is 4.91. The third kappa shape index (κ3) is 2.70. The van der Waals surface area contributed by atoms with Gasteiger partial charge in [-0.1, -0.05) is 13.8 Å². The molecule has 1 aromatic rings. The van der Waals surface area contributed by atoms with Gasteiger partial charge >= 0.3 is 0 Å². The predicted octanol–water partition coefficient (Wildman–Crippen LogP) is 1.62. The number of aromatic hydroxyl groups is 1. The molecule has 0 amide bonds. The van der Waals surface area contributed by atoms with Crippen molar-refractivity contribution in [3.05, 3.63) is 23.5 Å². The normalized spacial score (nSPS) is 13.2. The van der Waals surface area contributed by atoms with Crippen LogP contribution in [0.3, 0.4) is 0 Å². The second kappa shape index (κ2) is 4.42. The largest absolute Gasteiger partial charge is 0.506 e. The molecule has 1 heterocycles. The number of aryl methyl sites for hydroxylation is 1. The molecule has 0 bridgehead atoms. The summed E-state index contributed by atoms with van der Waals surface area (Å²) in [7, 11) is 0. The quantitative estimate of drug-likeness (QED) is 0.768. The van der Waals surface area contributed by atoms with Gasteiger partial charge in [0, 0.05) is 18.2 Å². The standard InChI is InChI=1S/C11H18N2O/c1-7(2)9(12)6-10-11(14)5-4-8(3)13-10/h4-5,7,9,14H,6,12H2,1-3H3. The Hall–Kier alpha value is -1.09. The van der Waals surface area contributed by atoms with Crippen LogP contribution >= 0.6 is 0 Å². The van der Waals surface area contributed by atoms with Crippen molar-refractivity contribution >= 4 is 0 Å². The zero-order valence-electron chi connectivity index (χ0n) is 8.99. The molecule has 0 fully saturated rings. The van der Waals surface area contributed by atoms with E-state index >= 15 is 0 Å². The Kier molecular flexibility index (Phi) is 3.47. The lowest BCUT2D eigenvalue weighted by molar-refractivity contribution is 0.442. The average Bonchev–Trinajstić information content (AvgIpc) is 2.11. The molecular weight excluding hydrogens is 176 g/mol. The molecule has 0 aliphatic rings. The lowest BCUT2D eigenvalue weighted by Gasteiger charge is -2.15. The van der Waals surface area contributed by atoms with Crippen molar-refractivity contribution in [1.29, 1.82) is 0 Å².